The lowest BCUT2D eigenvalue weighted by Gasteiger charge is -2.37. The van der Waals surface area contributed by atoms with Gasteiger partial charge in [-0.3, -0.25) is 4.90 Å². The van der Waals surface area contributed by atoms with Crippen LogP contribution in [-0.2, 0) is 17.7 Å². The van der Waals surface area contributed by atoms with Gasteiger partial charge in [0.1, 0.15) is 0 Å². The molecule has 132 valence electrons. The fourth-order valence-electron chi connectivity index (χ4n) is 3.79. The van der Waals surface area contributed by atoms with Gasteiger partial charge in [-0.05, 0) is 37.1 Å². The standard InChI is InChI=1S/C21H26N2O2/c1-2-6-18(7-3-1)8-5-12-22-13-15-23(16-14-22)20-9-4-10-21-19(20)11-17-24-25-21/h1-4,6-7,9-10H,5,8,11-17H2. The van der Waals surface area contributed by atoms with Gasteiger partial charge in [0.05, 0.1) is 6.61 Å². The molecule has 0 saturated carbocycles. The molecule has 25 heavy (non-hydrogen) atoms. The Labute approximate surface area is 149 Å². The molecular weight excluding hydrogens is 312 g/mol. The molecule has 0 aliphatic carbocycles. The topological polar surface area (TPSA) is 24.9 Å². The van der Waals surface area contributed by atoms with Crippen molar-refractivity contribution >= 4 is 5.69 Å². The number of piperazine rings is 1. The van der Waals surface area contributed by atoms with E-state index >= 15 is 0 Å². The number of fused-ring (bicyclic) bond motifs is 1. The van der Waals surface area contributed by atoms with E-state index in [-0.39, 0.29) is 0 Å². The van der Waals surface area contributed by atoms with Crippen LogP contribution in [0, 0.1) is 0 Å². The summed E-state index contributed by atoms with van der Waals surface area (Å²) < 4.78 is 0. The van der Waals surface area contributed by atoms with E-state index in [2.05, 4.69) is 52.3 Å². The number of hydrogen-bond donors (Lipinski definition) is 0. The van der Waals surface area contributed by atoms with Gasteiger partial charge in [-0.2, -0.15) is 4.89 Å². The van der Waals surface area contributed by atoms with E-state index < -0.39 is 0 Å². The summed E-state index contributed by atoms with van der Waals surface area (Å²) in [6, 6.07) is 17.1. The first-order valence-electron chi connectivity index (χ1n) is 9.33. The van der Waals surface area contributed by atoms with Gasteiger partial charge >= 0.3 is 0 Å². The molecule has 0 aromatic heterocycles. The SMILES string of the molecule is c1ccc(CCCN2CCN(c3cccc4c3CCOO4)CC2)cc1. The van der Waals surface area contributed by atoms with E-state index in [1.54, 1.807) is 0 Å². The maximum absolute atomic E-state index is 5.33. The average Bonchev–Trinajstić information content (AvgIpc) is 2.69. The lowest BCUT2D eigenvalue weighted by Crippen LogP contribution is -2.47. The summed E-state index contributed by atoms with van der Waals surface area (Å²) in [5, 5.41) is 0. The first-order chi connectivity index (χ1) is 12.4. The van der Waals surface area contributed by atoms with Crippen LogP contribution in [0.2, 0.25) is 0 Å². The van der Waals surface area contributed by atoms with E-state index in [1.165, 1.54) is 36.2 Å². The van der Waals surface area contributed by atoms with Gasteiger partial charge in [0.15, 0.2) is 5.75 Å². The van der Waals surface area contributed by atoms with Gasteiger partial charge in [0.2, 0.25) is 0 Å². The van der Waals surface area contributed by atoms with Crippen molar-refractivity contribution in [1.82, 2.24) is 4.90 Å². The number of benzene rings is 2. The van der Waals surface area contributed by atoms with Crippen LogP contribution in [0.4, 0.5) is 5.69 Å². The minimum Gasteiger partial charge on any atom is -0.369 e. The molecular formula is C21H26N2O2. The average molecular weight is 338 g/mol. The summed E-state index contributed by atoms with van der Waals surface area (Å²) in [7, 11) is 0. The van der Waals surface area contributed by atoms with Crippen molar-refractivity contribution in [2.24, 2.45) is 0 Å². The highest BCUT2D eigenvalue weighted by molar-refractivity contribution is 5.60. The van der Waals surface area contributed by atoms with Crippen molar-refractivity contribution in [3.63, 3.8) is 0 Å². The minimum atomic E-state index is 0.642. The van der Waals surface area contributed by atoms with Crippen molar-refractivity contribution in [3.8, 4) is 5.75 Å². The summed E-state index contributed by atoms with van der Waals surface area (Å²) in [4.78, 5) is 15.5. The van der Waals surface area contributed by atoms with Crippen LogP contribution in [0.15, 0.2) is 48.5 Å². The quantitative estimate of drug-likeness (QED) is 0.781. The minimum absolute atomic E-state index is 0.642. The number of hydrogen-bond acceptors (Lipinski definition) is 4. The Morgan fingerprint density at radius 3 is 2.56 bits per heavy atom. The molecule has 0 spiro atoms. The van der Waals surface area contributed by atoms with E-state index in [0.717, 1.165) is 38.3 Å². The molecule has 0 radical (unpaired) electrons. The molecule has 4 rings (SSSR count). The predicted octanol–water partition coefficient (Wildman–Crippen LogP) is 3.31. The molecule has 0 amide bonds. The summed E-state index contributed by atoms with van der Waals surface area (Å²) in [5.41, 5.74) is 4.07. The zero-order valence-electron chi connectivity index (χ0n) is 14.7. The number of aryl methyl sites for hydroxylation is 1. The van der Waals surface area contributed by atoms with E-state index in [9.17, 15) is 0 Å². The van der Waals surface area contributed by atoms with Gasteiger partial charge in [-0.15, -0.1) is 0 Å². The summed E-state index contributed by atoms with van der Waals surface area (Å²) in [6.45, 7) is 6.27. The Kier molecular flexibility index (Phi) is 5.19. The number of nitrogens with zero attached hydrogens (tertiary/aromatic N) is 2. The maximum Gasteiger partial charge on any atom is 0.170 e. The predicted molar refractivity (Wildman–Crippen MR) is 100 cm³/mol. The van der Waals surface area contributed by atoms with Crippen molar-refractivity contribution in [2.75, 3.05) is 44.2 Å². The van der Waals surface area contributed by atoms with Crippen LogP contribution in [0.25, 0.3) is 0 Å². The van der Waals surface area contributed by atoms with Gasteiger partial charge in [0.25, 0.3) is 0 Å². The summed E-state index contributed by atoms with van der Waals surface area (Å²) in [6.07, 6.45) is 3.34. The molecule has 2 aromatic rings. The molecule has 2 aliphatic rings. The third-order valence-electron chi connectivity index (χ3n) is 5.19. The van der Waals surface area contributed by atoms with Gasteiger partial charge in [0, 0.05) is 43.9 Å². The Morgan fingerprint density at radius 1 is 0.880 bits per heavy atom. The second kappa shape index (κ2) is 7.89. The van der Waals surface area contributed by atoms with Gasteiger partial charge in [-0.25, -0.2) is 0 Å². The molecule has 1 saturated heterocycles. The second-order valence-electron chi connectivity index (χ2n) is 6.83. The van der Waals surface area contributed by atoms with Crippen molar-refractivity contribution in [1.29, 1.82) is 0 Å². The Balaban J connectivity index is 1.29. The molecule has 0 bridgehead atoms. The first kappa shape index (κ1) is 16.4. The number of rotatable bonds is 5. The smallest absolute Gasteiger partial charge is 0.170 e. The molecule has 0 N–H and O–H groups in total. The summed E-state index contributed by atoms with van der Waals surface area (Å²) in [5.74, 6) is 0.883. The molecule has 0 unspecified atom stereocenters. The Morgan fingerprint density at radius 2 is 1.72 bits per heavy atom. The normalized spacial score (nSPS) is 17.8. The van der Waals surface area contributed by atoms with Crippen LogP contribution in [-0.4, -0.2) is 44.2 Å². The first-order valence-corrected chi connectivity index (χ1v) is 9.33. The fraction of sp³-hybridized carbons (Fsp3) is 0.429. The van der Waals surface area contributed by atoms with Crippen molar-refractivity contribution < 1.29 is 9.78 Å². The van der Waals surface area contributed by atoms with E-state index in [4.69, 9.17) is 9.78 Å². The Hall–Kier alpha value is -2.04. The fourth-order valence-corrected chi connectivity index (χ4v) is 3.79. The Bertz CT molecular complexity index is 682. The highest BCUT2D eigenvalue weighted by Gasteiger charge is 2.22. The number of anilines is 1. The zero-order valence-corrected chi connectivity index (χ0v) is 14.7. The lowest BCUT2D eigenvalue weighted by atomic mass is 10.1. The molecule has 1 fully saturated rings. The molecule has 2 aliphatic heterocycles. The lowest BCUT2D eigenvalue weighted by molar-refractivity contribution is -0.215. The van der Waals surface area contributed by atoms with Crippen LogP contribution in [0.5, 0.6) is 5.75 Å². The van der Waals surface area contributed by atoms with E-state index in [0.29, 0.717) is 6.61 Å². The highest BCUT2D eigenvalue weighted by Crippen LogP contribution is 2.33. The maximum atomic E-state index is 5.33. The van der Waals surface area contributed by atoms with Crippen LogP contribution < -0.4 is 9.79 Å². The van der Waals surface area contributed by atoms with Gasteiger partial charge < -0.3 is 9.79 Å². The van der Waals surface area contributed by atoms with Crippen molar-refractivity contribution in [2.45, 2.75) is 19.3 Å². The molecule has 2 heterocycles. The van der Waals surface area contributed by atoms with E-state index in [1.807, 2.05) is 6.07 Å². The van der Waals surface area contributed by atoms with Gasteiger partial charge in [-0.1, -0.05) is 36.4 Å². The van der Waals surface area contributed by atoms with Crippen LogP contribution in [0.1, 0.15) is 17.5 Å². The molecule has 4 nitrogen and oxygen atoms in total. The monoisotopic (exact) mass is 338 g/mol. The largest absolute Gasteiger partial charge is 0.369 e. The van der Waals surface area contributed by atoms with Crippen LogP contribution in [0.3, 0.4) is 0 Å². The highest BCUT2D eigenvalue weighted by atomic mass is 17.2. The third-order valence-corrected chi connectivity index (χ3v) is 5.19. The second-order valence-corrected chi connectivity index (χ2v) is 6.83. The molecule has 2 aromatic carbocycles. The van der Waals surface area contributed by atoms with Crippen LogP contribution >= 0.6 is 0 Å². The summed E-state index contributed by atoms with van der Waals surface area (Å²) >= 11 is 0. The zero-order chi connectivity index (χ0) is 16.9. The van der Waals surface area contributed by atoms with Crippen molar-refractivity contribution in [3.05, 3.63) is 59.7 Å². The third kappa shape index (κ3) is 3.97. The molecule has 4 heteroatoms. The molecule has 0 atom stereocenters.